The summed E-state index contributed by atoms with van der Waals surface area (Å²) >= 11 is 1.45. The molecule has 2 nitrogen and oxygen atoms in total. The predicted molar refractivity (Wildman–Crippen MR) is 86.5 cm³/mol. The average molecular weight is 293 g/mol. The van der Waals surface area contributed by atoms with E-state index in [1.165, 1.54) is 11.3 Å². The molecule has 21 heavy (non-hydrogen) atoms. The highest BCUT2D eigenvalue weighted by atomic mass is 32.1. The van der Waals surface area contributed by atoms with Crippen LogP contribution in [0.5, 0.6) is 0 Å². The van der Waals surface area contributed by atoms with Gasteiger partial charge in [-0.25, -0.2) is 0 Å². The second-order valence-electron chi connectivity index (χ2n) is 4.71. The monoisotopic (exact) mass is 293 g/mol. The molecule has 3 heteroatoms. The van der Waals surface area contributed by atoms with Crippen LogP contribution < -0.4 is 5.32 Å². The third kappa shape index (κ3) is 3.20. The summed E-state index contributed by atoms with van der Waals surface area (Å²) in [6.45, 7) is 0. The third-order valence-electron chi connectivity index (χ3n) is 3.29. The fraction of sp³-hybridized carbons (Fsp3) is 0.0556. The first-order valence-electron chi connectivity index (χ1n) is 6.79. The summed E-state index contributed by atoms with van der Waals surface area (Å²) in [6, 6.07) is 23.6. The molecule has 3 aromatic rings. The number of hydrogen-bond donors (Lipinski definition) is 1. The molecule has 0 aliphatic carbocycles. The SMILES string of the molecule is O=C(NC(c1ccccc1)c1ccccc1)c1cccs1. The molecule has 0 fully saturated rings. The Bertz CT molecular complexity index is 653. The third-order valence-corrected chi connectivity index (χ3v) is 4.15. The molecule has 1 N–H and O–H groups in total. The van der Waals surface area contributed by atoms with Gasteiger partial charge in [-0.3, -0.25) is 4.79 Å². The number of thiophene rings is 1. The van der Waals surface area contributed by atoms with Crippen LogP contribution in [0.4, 0.5) is 0 Å². The molecule has 1 heterocycles. The van der Waals surface area contributed by atoms with Gasteiger partial charge in [0, 0.05) is 0 Å². The van der Waals surface area contributed by atoms with Gasteiger partial charge in [0.15, 0.2) is 0 Å². The molecule has 0 aliphatic rings. The summed E-state index contributed by atoms with van der Waals surface area (Å²) in [5, 5.41) is 5.04. The Morgan fingerprint density at radius 1 is 0.810 bits per heavy atom. The summed E-state index contributed by atoms with van der Waals surface area (Å²) in [7, 11) is 0. The van der Waals surface area contributed by atoms with Crippen LogP contribution in [-0.2, 0) is 0 Å². The zero-order valence-corrected chi connectivity index (χ0v) is 12.2. The van der Waals surface area contributed by atoms with Crippen LogP contribution in [0, 0.1) is 0 Å². The summed E-state index contributed by atoms with van der Waals surface area (Å²) in [5.74, 6) is -0.0392. The maximum absolute atomic E-state index is 12.4. The first kappa shape index (κ1) is 13.6. The van der Waals surface area contributed by atoms with E-state index >= 15 is 0 Å². The Balaban J connectivity index is 1.92. The van der Waals surface area contributed by atoms with Gasteiger partial charge < -0.3 is 5.32 Å². The van der Waals surface area contributed by atoms with E-state index in [1.807, 2.05) is 78.2 Å². The molecule has 0 saturated heterocycles. The van der Waals surface area contributed by atoms with Crippen molar-refractivity contribution in [1.29, 1.82) is 0 Å². The van der Waals surface area contributed by atoms with E-state index in [-0.39, 0.29) is 11.9 Å². The zero-order valence-electron chi connectivity index (χ0n) is 11.4. The quantitative estimate of drug-likeness (QED) is 0.765. The molecule has 104 valence electrons. The Labute approximate surface area is 128 Å². The van der Waals surface area contributed by atoms with E-state index in [9.17, 15) is 4.79 Å². The van der Waals surface area contributed by atoms with Gasteiger partial charge in [-0.05, 0) is 22.6 Å². The van der Waals surface area contributed by atoms with Gasteiger partial charge in [-0.1, -0.05) is 66.7 Å². The van der Waals surface area contributed by atoms with Crippen molar-refractivity contribution in [2.75, 3.05) is 0 Å². The minimum atomic E-state index is -0.137. The number of hydrogen-bond acceptors (Lipinski definition) is 2. The van der Waals surface area contributed by atoms with Crippen molar-refractivity contribution < 1.29 is 4.79 Å². The summed E-state index contributed by atoms with van der Waals surface area (Å²) in [6.07, 6.45) is 0. The molecule has 0 spiro atoms. The molecule has 0 atom stereocenters. The Kier molecular flexibility index (Phi) is 4.12. The van der Waals surface area contributed by atoms with Crippen molar-refractivity contribution in [3.8, 4) is 0 Å². The maximum atomic E-state index is 12.4. The smallest absolute Gasteiger partial charge is 0.262 e. The lowest BCUT2D eigenvalue weighted by Gasteiger charge is -2.19. The average Bonchev–Trinajstić information content (AvgIpc) is 3.09. The number of carbonyl (C=O) groups is 1. The Morgan fingerprint density at radius 2 is 1.38 bits per heavy atom. The minimum absolute atomic E-state index is 0.0392. The van der Waals surface area contributed by atoms with Crippen LogP contribution >= 0.6 is 11.3 Å². The molecular formula is C18H15NOS. The van der Waals surface area contributed by atoms with Crippen LogP contribution in [0.15, 0.2) is 78.2 Å². The lowest BCUT2D eigenvalue weighted by atomic mass is 9.98. The van der Waals surface area contributed by atoms with Gasteiger partial charge in [0.2, 0.25) is 0 Å². The van der Waals surface area contributed by atoms with Crippen molar-refractivity contribution in [3.63, 3.8) is 0 Å². The Hall–Kier alpha value is -2.39. The van der Waals surface area contributed by atoms with E-state index in [2.05, 4.69) is 5.32 Å². The normalized spacial score (nSPS) is 10.5. The predicted octanol–water partition coefficient (Wildman–Crippen LogP) is 4.27. The highest BCUT2D eigenvalue weighted by Crippen LogP contribution is 2.22. The van der Waals surface area contributed by atoms with Crippen LogP contribution in [-0.4, -0.2) is 5.91 Å². The molecule has 0 saturated carbocycles. The molecular weight excluding hydrogens is 278 g/mol. The van der Waals surface area contributed by atoms with Gasteiger partial charge in [0.05, 0.1) is 10.9 Å². The summed E-state index contributed by atoms with van der Waals surface area (Å²) in [5.41, 5.74) is 2.15. The summed E-state index contributed by atoms with van der Waals surface area (Å²) in [4.78, 5) is 13.1. The number of benzene rings is 2. The number of carbonyl (C=O) groups excluding carboxylic acids is 1. The number of amides is 1. The van der Waals surface area contributed by atoms with E-state index in [4.69, 9.17) is 0 Å². The number of rotatable bonds is 4. The molecule has 0 radical (unpaired) electrons. The van der Waals surface area contributed by atoms with Gasteiger partial charge in [0.1, 0.15) is 0 Å². The molecule has 0 bridgehead atoms. The fourth-order valence-electron chi connectivity index (χ4n) is 2.26. The van der Waals surface area contributed by atoms with Crippen LogP contribution in [0.25, 0.3) is 0 Å². The topological polar surface area (TPSA) is 29.1 Å². The standard InChI is InChI=1S/C18H15NOS/c20-18(16-12-7-13-21-16)19-17(14-8-3-1-4-9-14)15-10-5-2-6-11-15/h1-13,17H,(H,19,20). The van der Waals surface area contributed by atoms with Crippen LogP contribution in [0.1, 0.15) is 26.8 Å². The van der Waals surface area contributed by atoms with Crippen molar-refractivity contribution >= 4 is 17.2 Å². The molecule has 0 unspecified atom stereocenters. The highest BCUT2D eigenvalue weighted by molar-refractivity contribution is 7.12. The molecule has 1 aromatic heterocycles. The van der Waals surface area contributed by atoms with Crippen molar-refractivity contribution in [2.45, 2.75) is 6.04 Å². The maximum Gasteiger partial charge on any atom is 0.262 e. The first-order valence-corrected chi connectivity index (χ1v) is 7.67. The molecule has 0 aliphatic heterocycles. The highest BCUT2D eigenvalue weighted by Gasteiger charge is 2.17. The van der Waals surface area contributed by atoms with E-state index < -0.39 is 0 Å². The van der Waals surface area contributed by atoms with Gasteiger partial charge >= 0.3 is 0 Å². The molecule has 1 amide bonds. The van der Waals surface area contributed by atoms with Crippen molar-refractivity contribution in [2.24, 2.45) is 0 Å². The van der Waals surface area contributed by atoms with Gasteiger partial charge in [0.25, 0.3) is 5.91 Å². The fourth-order valence-corrected chi connectivity index (χ4v) is 2.89. The lowest BCUT2D eigenvalue weighted by molar-refractivity contribution is 0.0947. The molecule has 2 aromatic carbocycles. The van der Waals surface area contributed by atoms with Crippen LogP contribution in [0.3, 0.4) is 0 Å². The van der Waals surface area contributed by atoms with E-state index in [0.717, 1.165) is 16.0 Å². The second kappa shape index (κ2) is 6.37. The lowest BCUT2D eigenvalue weighted by Crippen LogP contribution is -2.28. The Morgan fingerprint density at radius 3 is 1.86 bits per heavy atom. The van der Waals surface area contributed by atoms with Crippen LogP contribution in [0.2, 0.25) is 0 Å². The summed E-state index contributed by atoms with van der Waals surface area (Å²) < 4.78 is 0. The van der Waals surface area contributed by atoms with Gasteiger partial charge in [-0.2, -0.15) is 0 Å². The molecule has 3 rings (SSSR count). The van der Waals surface area contributed by atoms with E-state index in [0.29, 0.717) is 0 Å². The number of nitrogens with one attached hydrogen (secondary N) is 1. The van der Waals surface area contributed by atoms with E-state index in [1.54, 1.807) is 0 Å². The largest absolute Gasteiger partial charge is 0.340 e. The van der Waals surface area contributed by atoms with Crippen molar-refractivity contribution in [3.05, 3.63) is 94.2 Å². The zero-order chi connectivity index (χ0) is 14.5. The van der Waals surface area contributed by atoms with Crippen molar-refractivity contribution in [1.82, 2.24) is 5.32 Å². The first-order chi connectivity index (χ1) is 10.3. The van der Waals surface area contributed by atoms with Gasteiger partial charge in [-0.15, -0.1) is 11.3 Å². The minimum Gasteiger partial charge on any atom is -0.340 e. The second-order valence-corrected chi connectivity index (χ2v) is 5.65.